The molecule has 2 nitrogen and oxygen atoms in total. The smallest absolute Gasteiger partial charge is 0.0586 e. The minimum Gasteiger partial charge on any atom is -0.393 e. The van der Waals surface area contributed by atoms with E-state index in [1.54, 1.807) is 0 Å². The van der Waals surface area contributed by atoms with Crippen molar-refractivity contribution in [1.29, 1.82) is 0 Å². The molecule has 1 fully saturated rings. The van der Waals surface area contributed by atoms with E-state index in [1.807, 2.05) is 13.1 Å². The topological polar surface area (TPSA) is 32.3 Å². The van der Waals surface area contributed by atoms with Crippen LogP contribution in [0.2, 0.25) is 0 Å². The maximum Gasteiger partial charge on any atom is 0.0586 e. The van der Waals surface area contributed by atoms with Gasteiger partial charge in [0.25, 0.3) is 0 Å². The van der Waals surface area contributed by atoms with Gasteiger partial charge in [0.05, 0.1) is 6.10 Å². The molecule has 0 radical (unpaired) electrons. The van der Waals surface area contributed by atoms with E-state index in [-0.39, 0.29) is 6.10 Å². The fraction of sp³-hybridized carbons (Fsp3) is 0.538. The Kier molecular flexibility index (Phi) is 3.39. The number of aliphatic hydroxyl groups is 1. The Balaban J connectivity index is 2.17. The minimum atomic E-state index is -0.136. The highest BCUT2D eigenvalue weighted by Gasteiger charge is 2.32. The van der Waals surface area contributed by atoms with Crippen LogP contribution < -0.4 is 5.32 Å². The first kappa shape index (κ1) is 10.7. The SMILES string of the molecule is CNC(c1ccccc1)C1CCCC1O. The average molecular weight is 205 g/mol. The third-order valence-electron chi connectivity index (χ3n) is 3.43. The maximum atomic E-state index is 9.91. The Hall–Kier alpha value is -0.860. The van der Waals surface area contributed by atoms with Gasteiger partial charge in [0, 0.05) is 12.0 Å². The van der Waals surface area contributed by atoms with Gasteiger partial charge in [-0.15, -0.1) is 0 Å². The van der Waals surface area contributed by atoms with Crippen LogP contribution in [0.3, 0.4) is 0 Å². The molecule has 0 aliphatic heterocycles. The number of hydrogen-bond donors (Lipinski definition) is 2. The van der Waals surface area contributed by atoms with Gasteiger partial charge >= 0.3 is 0 Å². The molecule has 2 rings (SSSR count). The fourth-order valence-corrected chi connectivity index (χ4v) is 2.65. The van der Waals surface area contributed by atoms with E-state index >= 15 is 0 Å². The third kappa shape index (κ3) is 2.21. The summed E-state index contributed by atoms with van der Waals surface area (Å²) < 4.78 is 0. The second-order valence-electron chi connectivity index (χ2n) is 4.34. The van der Waals surface area contributed by atoms with Gasteiger partial charge in [-0.3, -0.25) is 0 Å². The highest BCUT2D eigenvalue weighted by Crippen LogP contribution is 2.35. The van der Waals surface area contributed by atoms with Crippen LogP contribution in [-0.4, -0.2) is 18.3 Å². The van der Waals surface area contributed by atoms with Crippen molar-refractivity contribution >= 4 is 0 Å². The molecule has 3 atom stereocenters. The van der Waals surface area contributed by atoms with Crippen molar-refractivity contribution in [2.75, 3.05) is 7.05 Å². The van der Waals surface area contributed by atoms with Gasteiger partial charge in [0.2, 0.25) is 0 Å². The Morgan fingerprint density at radius 1 is 1.27 bits per heavy atom. The largest absolute Gasteiger partial charge is 0.393 e. The zero-order valence-corrected chi connectivity index (χ0v) is 9.19. The number of hydrogen-bond acceptors (Lipinski definition) is 2. The van der Waals surface area contributed by atoms with Gasteiger partial charge in [-0.1, -0.05) is 36.8 Å². The zero-order chi connectivity index (χ0) is 10.7. The van der Waals surface area contributed by atoms with Crippen molar-refractivity contribution < 1.29 is 5.11 Å². The Bertz CT molecular complexity index is 299. The second-order valence-corrected chi connectivity index (χ2v) is 4.34. The van der Waals surface area contributed by atoms with Crippen molar-refractivity contribution in [1.82, 2.24) is 5.32 Å². The molecule has 0 bridgehead atoms. The molecule has 0 heterocycles. The van der Waals surface area contributed by atoms with Crippen molar-refractivity contribution in [3.63, 3.8) is 0 Å². The molecule has 0 aromatic heterocycles. The predicted molar refractivity (Wildman–Crippen MR) is 61.6 cm³/mol. The Morgan fingerprint density at radius 3 is 2.53 bits per heavy atom. The number of benzene rings is 1. The predicted octanol–water partition coefficient (Wildman–Crippen LogP) is 2.11. The van der Waals surface area contributed by atoms with Crippen LogP contribution in [0.1, 0.15) is 30.9 Å². The lowest BCUT2D eigenvalue weighted by Crippen LogP contribution is -2.30. The first-order chi connectivity index (χ1) is 7.33. The van der Waals surface area contributed by atoms with Crippen LogP contribution in [-0.2, 0) is 0 Å². The first-order valence-corrected chi connectivity index (χ1v) is 5.73. The summed E-state index contributed by atoms with van der Waals surface area (Å²) in [6, 6.07) is 10.7. The van der Waals surface area contributed by atoms with Gasteiger partial charge in [-0.05, 0) is 25.5 Å². The van der Waals surface area contributed by atoms with Gasteiger partial charge in [0.1, 0.15) is 0 Å². The van der Waals surface area contributed by atoms with Crippen molar-refractivity contribution in [3.05, 3.63) is 35.9 Å². The van der Waals surface area contributed by atoms with Crippen LogP contribution in [0.5, 0.6) is 0 Å². The fourth-order valence-electron chi connectivity index (χ4n) is 2.65. The van der Waals surface area contributed by atoms with Crippen LogP contribution in [0.4, 0.5) is 0 Å². The summed E-state index contributed by atoms with van der Waals surface area (Å²) in [5.74, 6) is 0.373. The molecule has 82 valence electrons. The van der Waals surface area contributed by atoms with E-state index in [1.165, 1.54) is 5.56 Å². The van der Waals surface area contributed by atoms with Crippen LogP contribution in [0, 0.1) is 5.92 Å². The second kappa shape index (κ2) is 4.77. The summed E-state index contributed by atoms with van der Waals surface area (Å²) >= 11 is 0. The molecule has 3 unspecified atom stereocenters. The van der Waals surface area contributed by atoms with E-state index < -0.39 is 0 Å². The maximum absolute atomic E-state index is 9.91. The number of nitrogens with one attached hydrogen (secondary N) is 1. The standard InChI is InChI=1S/C13H19NO/c1-14-13(10-6-3-2-4-7-10)11-8-5-9-12(11)15/h2-4,6-7,11-15H,5,8-9H2,1H3. The molecular weight excluding hydrogens is 186 g/mol. The molecule has 1 aliphatic rings. The summed E-state index contributed by atoms with van der Waals surface area (Å²) in [4.78, 5) is 0. The van der Waals surface area contributed by atoms with Crippen molar-refractivity contribution in [3.8, 4) is 0 Å². The van der Waals surface area contributed by atoms with E-state index in [0.717, 1.165) is 19.3 Å². The van der Waals surface area contributed by atoms with Crippen LogP contribution >= 0.6 is 0 Å². The summed E-state index contributed by atoms with van der Waals surface area (Å²) in [7, 11) is 1.97. The van der Waals surface area contributed by atoms with E-state index in [2.05, 4.69) is 29.6 Å². The highest BCUT2D eigenvalue weighted by molar-refractivity contribution is 5.20. The van der Waals surface area contributed by atoms with Crippen LogP contribution in [0.15, 0.2) is 30.3 Å². The summed E-state index contributed by atoms with van der Waals surface area (Å²) in [5, 5.41) is 13.2. The number of aliphatic hydroxyl groups excluding tert-OH is 1. The van der Waals surface area contributed by atoms with Crippen molar-refractivity contribution in [2.24, 2.45) is 5.92 Å². The van der Waals surface area contributed by atoms with Gasteiger partial charge in [-0.25, -0.2) is 0 Å². The molecular formula is C13H19NO. The van der Waals surface area contributed by atoms with E-state index in [9.17, 15) is 5.11 Å². The molecule has 0 saturated heterocycles. The Labute approximate surface area is 91.3 Å². The van der Waals surface area contributed by atoms with E-state index in [0.29, 0.717) is 12.0 Å². The lowest BCUT2D eigenvalue weighted by molar-refractivity contribution is 0.111. The summed E-state index contributed by atoms with van der Waals surface area (Å²) in [6.07, 6.45) is 3.09. The highest BCUT2D eigenvalue weighted by atomic mass is 16.3. The van der Waals surface area contributed by atoms with Crippen molar-refractivity contribution in [2.45, 2.75) is 31.4 Å². The summed E-state index contributed by atoms with van der Waals surface area (Å²) in [5.41, 5.74) is 1.28. The van der Waals surface area contributed by atoms with Crippen LogP contribution in [0.25, 0.3) is 0 Å². The lowest BCUT2D eigenvalue weighted by Gasteiger charge is -2.26. The molecule has 1 aliphatic carbocycles. The van der Waals surface area contributed by atoms with Gasteiger partial charge in [0.15, 0.2) is 0 Å². The third-order valence-corrected chi connectivity index (χ3v) is 3.43. The summed E-state index contributed by atoms with van der Waals surface area (Å²) in [6.45, 7) is 0. The Morgan fingerprint density at radius 2 is 2.00 bits per heavy atom. The molecule has 1 aromatic rings. The minimum absolute atomic E-state index is 0.136. The molecule has 0 amide bonds. The molecule has 15 heavy (non-hydrogen) atoms. The quantitative estimate of drug-likeness (QED) is 0.792. The average Bonchev–Trinajstić information content (AvgIpc) is 2.68. The molecule has 2 heteroatoms. The normalized spacial score (nSPS) is 27.9. The van der Waals surface area contributed by atoms with Gasteiger partial charge < -0.3 is 10.4 Å². The number of rotatable bonds is 3. The van der Waals surface area contributed by atoms with E-state index in [4.69, 9.17) is 0 Å². The first-order valence-electron chi connectivity index (χ1n) is 5.73. The molecule has 1 saturated carbocycles. The van der Waals surface area contributed by atoms with Gasteiger partial charge in [-0.2, -0.15) is 0 Å². The monoisotopic (exact) mass is 205 g/mol. The molecule has 1 aromatic carbocycles. The lowest BCUT2D eigenvalue weighted by atomic mass is 9.90. The molecule has 0 spiro atoms. The zero-order valence-electron chi connectivity index (χ0n) is 9.19. The molecule has 2 N–H and O–H groups in total.